The molecular formula is C10H5Na3O10S3. The number of phenols is 1. The standard InChI is InChI=1S/C10H8O10S3.3Na/c11-8-3-6(21(12,13)14)1-5-2-7(22(15,16)17)4-9(10(5)8)23(18,19)20;;;/h1-4,11H,(H,12,13,14)(H,15,16,17)(H,18,19,20);;;/q;3*+1/p-3. The first-order valence-electron chi connectivity index (χ1n) is 5.40. The second kappa shape index (κ2) is 9.82. The fraction of sp³-hybridized carbons (Fsp3) is 0. The quantitative estimate of drug-likeness (QED) is 0.347. The molecule has 0 aromatic heterocycles. The summed E-state index contributed by atoms with van der Waals surface area (Å²) in [4.78, 5) is -3.38. The maximum atomic E-state index is 11.2. The smallest absolute Gasteiger partial charge is 0.744 e. The van der Waals surface area contributed by atoms with Gasteiger partial charge in [0.15, 0.2) is 0 Å². The van der Waals surface area contributed by atoms with Crippen LogP contribution in [0.5, 0.6) is 5.75 Å². The Morgan fingerprint density at radius 3 is 1.38 bits per heavy atom. The molecule has 0 spiro atoms. The fourth-order valence-electron chi connectivity index (χ4n) is 1.89. The van der Waals surface area contributed by atoms with Crippen molar-refractivity contribution in [3.63, 3.8) is 0 Å². The van der Waals surface area contributed by atoms with Crippen LogP contribution in [0, 0.1) is 0 Å². The van der Waals surface area contributed by atoms with Gasteiger partial charge in [-0.25, -0.2) is 25.3 Å². The number of fused-ring (bicyclic) bond motifs is 1. The SMILES string of the molecule is O=S(=O)([O-])c1cc(O)c2c(S(=O)(=O)[O-])cc(S(=O)(=O)[O-])cc2c1.[Na+].[Na+].[Na+]. The van der Waals surface area contributed by atoms with Crippen LogP contribution in [-0.4, -0.2) is 44.0 Å². The molecule has 0 amide bonds. The number of aromatic hydroxyl groups is 1. The Morgan fingerprint density at radius 2 is 1.04 bits per heavy atom. The van der Waals surface area contributed by atoms with Gasteiger partial charge in [0.25, 0.3) is 0 Å². The molecule has 0 aliphatic rings. The normalized spacial score (nSPS) is 11.8. The van der Waals surface area contributed by atoms with Crippen LogP contribution in [0.15, 0.2) is 39.0 Å². The minimum absolute atomic E-state index is 0. The van der Waals surface area contributed by atoms with E-state index in [1.165, 1.54) is 0 Å². The molecule has 0 fully saturated rings. The van der Waals surface area contributed by atoms with Crippen LogP contribution in [-0.2, 0) is 30.4 Å². The second-order valence-electron chi connectivity index (χ2n) is 4.32. The largest absolute Gasteiger partial charge is 1.00 e. The molecule has 1 N–H and O–H groups in total. The summed E-state index contributed by atoms with van der Waals surface area (Å²) in [5, 5.41) is 8.42. The van der Waals surface area contributed by atoms with E-state index in [1.54, 1.807) is 0 Å². The van der Waals surface area contributed by atoms with Crippen LogP contribution in [0.2, 0.25) is 0 Å². The minimum atomic E-state index is -5.32. The minimum Gasteiger partial charge on any atom is -0.744 e. The predicted octanol–water partition coefficient (Wildman–Crippen LogP) is -9.73. The van der Waals surface area contributed by atoms with Crippen molar-refractivity contribution in [2.75, 3.05) is 0 Å². The van der Waals surface area contributed by atoms with Gasteiger partial charge in [-0.3, -0.25) is 0 Å². The Balaban J connectivity index is 0. The summed E-state index contributed by atoms with van der Waals surface area (Å²) in [6.45, 7) is 0. The summed E-state index contributed by atoms with van der Waals surface area (Å²) >= 11 is 0. The van der Waals surface area contributed by atoms with E-state index >= 15 is 0 Å². The molecule has 0 aliphatic carbocycles. The molecule has 0 heterocycles. The van der Waals surface area contributed by atoms with Gasteiger partial charge in [0, 0.05) is 5.39 Å². The summed E-state index contributed by atoms with van der Waals surface area (Å²) in [6.07, 6.45) is 0. The van der Waals surface area contributed by atoms with Crippen LogP contribution >= 0.6 is 0 Å². The van der Waals surface area contributed by atoms with Crippen molar-refractivity contribution in [1.82, 2.24) is 0 Å². The Hall–Kier alpha value is 1.23. The van der Waals surface area contributed by atoms with Gasteiger partial charge in [-0.15, -0.1) is 0 Å². The van der Waals surface area contributed by atoms with Crippen molar-refractivity contribution in [3.05, 3.63) is 24.3 Å². The number of phenolic OH excluding ortho intramolecular Hbond substituents is 1. The molecule has 126 valence electrons. The molecule has 0 unspecified atom stereocenters. The first kappa shape index (κ1) is 29.4. The Kier molecular flexibility index (Phi) is 11.1. The van der Waals surface area contributed by atoms with E-state index in [4.69, 9.17) is 0 Å². The molecule has 0 saturated carbocycles. The first-order chi connectivity index (χ1) is 10.2. The number of benzene rings is 2. The van der Waals surface area contributed by atoms with Gasteiger partial charge in [0.2, 0.25) is 0 Å². The third-order valence-electron chi connectivity index (χ3n) is 2.79. The van der Waals surface area contributed by atoms with E-state index in [0.29, 0.717) is 18.2 Å². The number of rotatable bonds is 3. The molecule has 0 saturated heterocycles. The molecule has 0 atom stereocenters. The zero-order valence-corrected chi connectivity index (χ0v) is 22.1. The van der Waals surface area contributed by atoms with Gasteiger partial charge < -0.3 is 18.8 Å². The molecule has 10 nitrogen and oxygen atoms in total. The number of hydrogen-bond donors (Lipinski definition) is 1. The third kappa shape index (κ3) is 6.64. The average molecular weight is 450 g/mol. The van der Waals surface area contributed by atoms with Crippen LogP contribution < -0.4 is 88.7 Å². The first-order valence-corrected chi connectivity index (χ1v) is 9.62. The summed E-state index contributed by atoms with van der Waals surface area (Å²) in [5.41, 5.74) is 0. The van der Waals surface area contributed by atoms with E-state index < -0.39 is 61.6 Å². The Labute approximate surface area is 215 Å². The maximum Gasteiger partial charge on any atom is 1.00 e. The average Bonchev–Trinajstić information content (AvgIpc) is 2.33. The van der Waals surface area contributed by atoms with Crippen molar-refractivity contribution in [2.45, 2.75) is 14.7 Å². The van der Waals surface area contributed by atoms with E-state index in [-0.39, 0.29) is 94.7 Å². The molecule has 0 radical (unpaired) electrons. The van der Waals surface area contributed by atoms with Crippen molar-refractivity contribution in [2.24, 2.45) is 0 Å². The van der Waals surface area contributed by atoms with Gasteiger partial charge in [0.05, 0.1) is 14.7 Å². The molecule has 2 aromatic carbocycles. The zero-order chi connectivity index (χ0) is 17.8. The third-order valence-corrected chi connectivity index (χ3v) is 5.27. The Morgan fingerprint density at radius 1 is 0.654 bits per heavy atom. The molecule has 26 heavy (non-hydrogen) atoms. The molecular weight excluding hydrogens is 445 g/mol. The summed E-state index contributed by atoms with van der Waals surface area (Å²) < 4.78 is 99.6. The van der Waals surface area contributed by atoms with Gasteiger partial charge in [-0.2, -0.15) is 0 Å². The molecule has 2 rings (SSSR count). The van der Waals surface area contributed by atoms with E-state index in [1.807, 2.05) is 0 Å². The van der Waals surface area contributed by atoms with Gasteiger partial charge in [-0.1, -0.05) is 0 Å². The van der Waals surface area contributed by atoms with E-state index in [9.17, 15) is 44.0 Å². The molecule has 0 bridgehead atoms. The molecule has 0 aliphatic heterocycles. The van der Waals surface area contributed by atoms with Crippen molar-refractivity contribution >= 4 is 41.1 Å². The maximum absolute atomic E-state index is 11.2. The van der Waals surface area contributed by atoms with Crippen LogP contribution in [0.1, 0.15) is 0 Å². The van der Waals surface area contributed by atoms with Crippen molar-refractivity contribution in [1.29, 1.82) is 0 Å². The van der Waals surface area contributed by atoms with Gasteiger partial charge in [-0.05, 0) is 29.7 Å². The summed E-state index contributed by atoms with van der Waals surface area (Å²) in [5.74, 6) is -1.05. The van der Waals surface area contributed by atoms with E-state index in [0.717, 1.165) is 0 Å². The monoisotopic (exact) mass is 450 g/mol. The van der Waals surface area contributed by atoms with Crippen molar-refractivity contribution in [3.8, 4) is 5.75 Å². The van der Waals surface area contributed by atoms with Gasteiger partial charge >= 0.3 is 88.7 Å². The van der Waals surface area contributed by atoms with Crippen LogP contribution in [0.3, 0.4) is 0 Å². The molecule has 2 aromatic rings. The second-order valence-corrected chi connectivity index (χ2v) is 8.43. The zero-order valence-electron chi connectivity index (χ0n) is 13.7. The van der Waals surface area contributed by atoms with E-state index in [2.05, 4.69) is 0 Å². The van der Waals surface area contributed by atoms with Gasteiger partial charge in [0.1, 0.15) is 36.1 Å². The topological polar surface area (TPSA) is 192 Å². The summed E-state index contributed by atoms with van der Waals surface area (Å²) in [7, 11) is -15.6. The predicted molar refractivity (Wildman–Crippen MR) is 69.5 cm³/mol. The van der Waals surface area contributed by atoms with Crippen LogP contribution in [0.25, 0.3) is 10.8 Å². The van der Waals surface area contributed by atoms with Crippen LogP contribution in [0.4, 0.5) is 0 Å². The Bertz CT molecular complexity index is 1140. The van der Waals surface area contributed by atoms with Crippen molar-refractivity contribution < 1.29 is 133 Å². The fourth-order valence-corrected chi connectivity index (χ4v) is 3.77. The molecule has 16 heteroatoms. The number of hydrogen-bond acceptors (Lipinski definition) is 10. The summed E-state index contributed by atoms with van der Waals surface area (Å²) in [6, 6.07) is 1.74.